The number of ether oxygens (including phenoxy) is 1. The second-order valence-electron chi connectivity index (χ2n) is 3.06. The summed E-state index contributed by atoms with van der Waals surface area (Å²) in [7, 11) is 0. The largest absolute Gasteiger partial charge is 0.574 e. The molecule has 0 radical (unpaired) electrons. The van der Waals surface area contributed by atoms with E-state index in [9.17, 15) is 31.1 Å². The van der Waals surface area contributed by atoms with Crippen LogP contribution < -0.4 is 10.3 Å². The average molecular weight is 277 g/mol. The molecule has 0 unspecified atom stereocenters. The molecule has 0 aromatic carbocycles. The SMILES string of the molecule is O=c1[nH]c(OC(F)(F)F)cc(C(F)(F)F)c1CO. The summed E-state index contributed by atoms with van der Waals surface area (Å²) >= 11 is 0. The second kappa shape index (κ2) is 4.52. The maximum absolute atomic E-state index is 12.4. The number of hydrogen-bond acceptors (Lipinski definition) is 3. The van der Waals surface area contributed by atoms with Crippen molar-refractivity contribution in [2.75, 3.05) is 0 Å². The lowest BCUT2D eigenvalue weighted by Crippen LogP contribution is -2.25. The van der Waals surface area contributed by atoms with Crippen molar-refractivity contribution in [3.63, 3.8) is 0 Å². The monoisotopic (exact) mass is 277 g/mol. The van der Waals surface area contributed by atoms with Crippen molar-refractivity contribution in [3.8, 4) is 5.88 Å². The van der Waals surface area contributed by atoms with E-state index in [1.807, 2.05) is 0 Å². The van der Waals surface area contributed by atoms with Gasteiger partial charge in [0.15, 0.2) is 0 Å². The molecule has 0 aliphatic rings. The van der Waals surface area contributed by atoms with Crippen LogP contribution in [0.25, 0.3) is 0 Å². The fraction of sp³-hybridized carbons (Fsp3) is 0.375. The Balaban J connectivity index is 3.36. The lowest BCUT2D eigenvalue weighted by Gasteiger charge is -2.13. The maximum atomic E-state index is 12.4. The second-order valence-corrected chi connectivity index (χ2v) is 3.06. The molecule has 0 atom stereocenters. The van der Waals surface area contributed by atoms with Gasteiger partial charge in [-0.2, -0.15) is 13.2 Å². The van der Waals surface area contributed by atoms with Gasteiger partial charge in [-0.15, -0.1) is 13.2 Å². The summed E-state index contributed by atoms with van der Waals surface area (Å²) < 4.78 is 75.9. The lowest BCUT2D eigenvalue weighted by molar-refractivity contribution is -0.276. The van der Waals surface area contributed by atoms with Gasteiger partial charge in [-0.1, -0.05) is 0 Å². The number of halogens is 6. The van der Waals surface area contributed by atoms with E-state index in [-0.39, 0.29) is 6.07 Å². The van der Waals surface area contributed by atoms with Crippen molar-refractivity contribution in [2.24, 2.45) is 0 Å². The van der Waals surface area contributed by atoms with Gasteiger partial charge >= 0.3 is 12.5 Å². The minimum atomic E-state index is -5.24. The van der Waals surface area contributed by atoms with Crippen LogP contribution in [0.3, 0.4) is 0 Å². The van der Waals surface area contributed by atoms with Crippen molar-refractivity contribution in [2.45, 2.75) is 19.1 Å². The Morgan fingerprint density at radius 3 is 2.17 bits per heavy atom. The zero-order valence-electron chi connectivity index (χ0n) is 8.32. The molecular formula is C8H5F6NO3. The van der Waals surface area contributed by atoms with Gasteiger partial charge in [0.05, 0.1) is 17.7 Å². The van der Waals surface area contributed by atoms with E-state index >= 15 is 0 Å². The summed E-state index contributed by atoms with van der Waals surface area (Å²) in [6.07, 6.45) is -10.3. The fourth-order valence-corrected chi connectivity index (χ4v) is 1.15. The fourth-order valence-electron chi connectivity index (χ4n) is 1.15. The summed E-state index contributed by atoms with van der Waals surface area (Å²) in [5.74, 6) is -1.41. The molecule has 0 fully saturated rings. The van der Waals surface area contributed by atoms with Crippen LogP contribution in [0, 0.1) is 0 Å². The Hall–Kier alpha value is -1.71. The number of rotatable bonds is 2. The van der Waals surface area contributed by atoms with Crippen molar-refractivity contribution >= 4 is 0 Å². The molecule has 4 nitrogen and oxygen atoms in total. The van der Waals surface area contributed by atoms with E-state index in [0.717, 1.165) is 0 Å². The van der Waals surface area contributed by atoms with Gasteiger partial charge in [-0.25, -0.2) is 0 Å². The molecule has 10 heteroatoms. The highest BCUT2D eigenvalue weighted by molar-refractivity contribution is 5.31. The predicted octanol–water partition coefficient (Wildman–Crippen LogP) is 1.78. The van der Waals surface area contributed by atoms with Crippen LogP contribution in [0.2, 0.25) is 0 Å². The number of aliphatic hydroxyl groups is 1. The highest BCUT2D eigenvalue weighted by Gasteiger charge is 2.37. The van der Waals surface area contributed by atoms with Gasteiger partial charge in [0.1, 0.15) is 0 Å². The third kappa shape index (κ3) is 3.39. The summed E-state index contributed by atoms with van der Waals surface area (Å²) in [5.41, 5.74) is -4.28. The lowest BCUT2D eigenvalue weighted by atomic mass is 10.1. The molecule has 0 saturated carbocycles. The number of aromatic nitrogens is 1. The molecule has 0 amide bonds. The van der Waals surface area contributed by atoms with E-state index in [0.29, 0.717) is 0 Å². The number of aromatic amines is 1. The number of nitrogens with one attached hydrogen (secondary N) is 1. The first-order chi connectivity index (χ1) is 8.04. The van der Waals surface area contributed by atoms with E-state index in [1.54, 1.807) is 0 Å². The Morgan fingerprint density at radius 1 is 1.22 bits per heavy atom. The number of aliphatic hydroxyl groups excluding tert-OH is 1. The average Bonchev–Trinajstić information content (AvgIpc) is 2.12. The van der Waals surface area contributed by atoms with E-state index in [1.165, 1.54) is 4.98 Å². The van der Waals surface area contributed by atoms with E-state index < -0.39 is 41.7 Å². The molecule has 1 aromatic heterocycles. The third-order valence-electron chi connectivity index (χ3n) is 1.80. The molecule has 102 valence electrons. The number of hydrogen-bond donors (Lipinski definition) is 2. The first-order valence-electron chi connectivity index (χ1n) is 4.24. The molecule has 1 aromatic rings. The highest BCUT2D eigenvalue weighted by Crippen LogP contribution is 2.33. The zero-order valence-corrected chi connectivity index (χ0v) is 8.32. The van der Waals surface area contributed by atoms with Crippen molar-refractivity contribution in [1.82, 2.24) is 4.98 Å². The van der Waals surface area contributed by atoms with Crippen molar-refractivity contribution in [1.29, 1.82) is 0 Å². The molecule has 0 spiro atoms. The van der Waals surface area contributed by atoms with Crippen LogP contribution >= 0.6 is 0 Å². The third-order valence-corrected chi connectivity index (χ3v) is 1.80. The molecule has 0 bridgehead atoms. The molecule has 0 aliphatic heterocycles. The topological polar surface area (TPSA) is 62.3 Å². The van der Waals surface area contributed by atoms with Crippen LogP contribution in [-0.2, 0) is 12.8 Å². The van der Waals surface area contributed by atoms with Gasteiger partial charge in [0.25, 0.3) is 5.56 Å². The molecular weight excluding hydrogens is 272 g/mol. The predicted molar refractivity (Wildman–Crippen MR) is 44.7 cm³/mol. The Kier molecular flexibility index (Phi) is 3.60. The van der Waals surface area contributed by atoms with Crippen molar-refractivity contribution < 1.29 is 36.2 Å². The van der Waals surface area contributed by atoms with Gasteiger partial charge < -0.3 is 9.84 Å². The molecule has 1 rings (SSSR count). The summed E-state index contributed by atoms with van der Waals surface area (Å²) in [6, 6.07) is -0.0412. The summed E-state index contributed by atoms with van der Waals surface area (Å²) in [6.45, 7) is -1.27. The van der Waals surface area contributed by atoms with Crippen LogP contribution in [0.1, 0.15) is 11.1 Å². The molecule has 1 heterocycles. The summed E-state index contributed by atoms with van der Waals surface area (Å²) in [5, 5.41) is 8.60. The van der Waals surface area contributed by atoms with Crippen LogP contribution in [0.4, 0.5) is 26.3 Å². The normalized spacial score (nSPS) is 12.6. The van der Waals surface area contributed by atoms with Gasteiger partial charge in [-0.3, -0.25) is 9.78 Å². The summed E-state index contributed by atoms with van der Waals surface area (Å²) in [4.78, 5) is 12.5. The standard InChI is InChI=1S/C8H5F6NO3/c9-7(10,11)4-1-5(18-8(12,13)14)15-6(17)3(4)2-16/h1,16H,2H2,(H,15,17). The molecule has 0 aliphatic carbocycles. The van der Waals surface area contributed by atoms with E-state index in [2.05, 4.69) is 4.74 Å². The zero-order chi connectivity index (χ0) is 14.1. The Morgan fingerprint density at radius 2 is 1.78 bits per heavy atom. The minimum absolute atomic E-state index is 0.0412. The Bertz CT molecular complexity index is 489. The van der Waals surface area contributed by atoms with Gasteiger partial charge in [-0.05, 0) is 0 Å². The highest BCUT2D eigenvalue weighted by atomic mass is 19.4. The number of alkyl halides is 6. The quantitative estimate of drug-likeness (QED) is 0.810. The van der Waals surface area contributed by atoms with Crippen LogP contribution in [0.15, 0.2) is 10.9 Å². The first-order valence-corrected chi connectivity index (χ1v) is 4.24. The van der Waals surface area contributed by atoms with Crippen molar-refractivity contribution in [3.05, 3.63) is 27.5 Å². The first kappa shape index (κ1) is 14.4. The smallest absolute Gasteiger partial charge is 0.391 e. The van der Waals surface area contributed by atoms with Gasteiger partial charge in [0.2, 0.25) is 5.88 Å². The molecule has 2 N–H and O–H groups in total. The van der Waals surface area contributed by atoms with Gasteiger partial charge in [0, 0.05) is 6.07 Å². The van der Waals surface area contributed by atoms with E-state index in [4.69, 9.17) is 5.11 Å². The molecule has 0 saturated heterocycles. The van der Waals surface area contributed by atoms with Crippen LogP contribution in [-0.4, -0.2) is 16.5 Å². The molecule has 18 heavy (non-hydrogen) atoms. The Labute approximate surface area is 94.8 Å². The maximum Gasteiger partial charge on any atom is 0.574 e. The number of H-pyrrole nitrogens is 1. The van der Waals surface area contributed by atoms with Crippen LogP contribution in [0.5, 0.6) is 5.88 Å². The number of pyridine rings is 1. The minimum Gasteiger partial charge on any atom is -0.391 e.